The van der Waals surface area contributed by atoms with Gasteiger partial charge in [-0.25, -0.2) is 15.0 Å². The first-order valence-electron chi connectivity index (χ1n) is 5.48. The number of H-pyrrole nitrogens is 1. The van der Waals surface area contributed by atoms with Crippen molar-refractivity contribution in [2.45, 2.75) is 39.0 Å². The second kappa shape index (κ2) is 4.87. The van der Waals surface area contributed by atoms with E-state index in [0.717, 1.165) is 29.8 Å². The molecule has 1 N–H and O–H groups in total. The number of imidazole rings is 1. The second-order valence-electron chi connectivity index (χ2n) is 3.66. The van der Waals surface area contributed by atoms with E-state index in [1.807, 2.05) is 0 Å². The van der Waals surface area contributed by atoms with Crippen LogP contribution in [0.3, 0.4) is 0 Å². The van der Waals surface area contributed by atoms with Crippen LogP contribution in [0.5, 0.6) is 0 Å². The van der Waals surface area contributed by atoms with Crippen molar-refractivity contribution in [3.05, 3.63) is 18.3 Å². The number of hydrogen-bond donors (Lipinski definition) is 1. The first-order chi connectivity index (χ1) is 7.40. The quantitative estimate of drug-likeness (QED) is 0.758. The van der Waals surface area contributed by atoms with Crippen LogP contribution in [0.4, 0.5) is 0 Å². The van der Waals surface area contributed by atoms with Crippen LogP contribution in [0, 0.1) is 6.20 Å². The molecular formula is C11H15N4. The van der Waals surface area contributed by atoms with E-state index >= 15 is 0 Å². The van der Waals surface area contributed by atoms with Crippen LogP contribution in [0.1, 0.15) is 38.4 Å². The molecule has 79 valence electrons. The lowest BCUT2D eigenvalue weighted by Crippen LogP contribution is -1.95. The number of unbranched alkanes of at least 4 members (excludes halogenated alkanes) is 3. The van der Waals surface area contributed by atoms with Gasteiger partial charge in [-0.15, -0.1) is 0 Å². The normalized spacial score (nSPS) is 11.0. The number of rotatable bonds is 5. The molecule has 0 aliphatic carbocycles. The first-order valence-corrected chi connectivity index (χ1v) is 5.48. The fraction of sp³-hybridized carbons (Fsp3) is 0.545. The highest BCUT2D eigenvalue weighted by Gasteiger charge is 2.01. The van der Waals surface area contributed by atoms with Crippen molar-refractivity contribution in [1.82, 2.24) is 19.9 Å². The Morgan fingerprint density at radius 3 is 3.13 bits per heavy atom. The average molecular weight is 203 g/mol. The predicted molar refractivity (Wildman–Crippen MR) is 58.4 cm³/mol. The summed E-state index contributed by atoms with van der Waals surface area (Å²) >= 11 is 0. The SMILES string of the molecule is CCCCCCc1n[c]c2[nH]cnc2n1. The van der Waals surface area contributed by atoms with E-state index in [9.17, 15) is 0 Å². The van der Waals surface area contributed by atoms with E-state index in [2.05, 4.69) is 33.1 Å². The molecule has 4 heteroatoms. The summed E-state index contributed by atoms with van der Waals surface area (Å²) in [5, 5.41) is 0. The molecule has 1 radical (unpaired) electrons. The lowest BCUT2D eigenvalue weighted by molar-refractivity contribution is 0.653. The number of fused-ring (bicyclic) bond motifs is 1. The lowest BCUT2D eigenvalue weighted by atomic mass is 10.1. The zero-order valence-corrected chi connectivity index (χ0v) is 8.95. The lowest BCUT2D eigenvalue weighted by Gasteiger charge is -1.98. The van der Waals surface area contributed by atoms with Gasteiger partial charge in [0.1, 0.15) is 17.5 Å². The van der Waals surface area contributed by atoms with Gasteiger partial charge < -0.3 is 4.98 Å². The van der Waals surface area contributed by atoms with Crippen LogP contribution in [0.2, 0.25) is 0 Å². The summed E-state index contributed by atoms with van der Waals surface area (Å²) in [6.45, 7) is 2.21. The highest BCUT2D eigenvalue weighted by Crippen LogP contribution is 2.07. The molecule has 2 aromatic heterocycles. The van der Waals surface area contributed by atoms with Gasteiger partial charge in [-0.1, -0.05) is 26.2 Å². The highest BCUT2D eigenvalue weighted by atomic mass is 15.0. The van der Waals surface area contributed by atoms with Crippen molar-refractivity contribution in [3.8, 4) is 0 Å². The van der Waals surface area contributed by atoms with Crippen molar-refractivity contribution in [1.29, 1.82) is 0 Å². The van der Waals surface area contributed by atoms with Crippen molar-refractivity contribution in [3.63, 3.8) is 0 Å². The van der Waals surface area contributed by atoms with Crippen molar-refractivity contribution >= 4 is 11.2 Å². The molecule has 2 aromatic rings. The van der Waals surface area contributed by atoms with Gasteiger partial charge in [-0.05, 0) is 6.42 Å². The Morgan fingerprint density at radius 1 is 1.33 bits per heavy atom. The molecule has 0 atom stereocenters. The van der Waals surface area contributed by atoms with Crippen molar-refractivity contribution < 1.29 is 0 Å². The minimum Gasteiger partial charge on any atom is -0.341 e. The minimum absolute atomic E-state index is 0.718. The average Bonchev–Trinajstić information content (AvgIpc) is 2.71. The van der Waals surface area contributed by atoms with Crippen LogP contribution < -0.4 is 0 Å². The Labute approximate surface area is 89.2 Å². The summed E-state index contributed by atoms with van der Waals surface area (Å²) in [5.74, 6) is 0.853. The smallest absolute Gasteiger partial charge is 0.181 e. The van der Waals surface area contributed by atoms with Gasteiger partial charge in [0, 0.05) is 6.42 Å². The van der Waals surface area contributed by atoms with Gasteiger partial charge in [0.15, 0.2) is 5.65 Å². The third-order valence-electron chi connectivity index (χ3n) is 2.40. The summed E-state index contributed by atoms with van der Waals surface area (Å²) in [5.41, 5.74) is 1.50. The van der Waals surface area contributed by atoms with Gasteiger partial charge in [0.05, 0.1) is 6.33 Å². The summed E-state index contributed by atoms with van der Waals surface area (Å²) in [4.78, 5) is 15.5. The minimum atomic E-state index is 0.718. The maximum Gasteiger partial charge on any atom is 0.181 e. The number of nitrogens with zero attached hydrogens (tertiary/aromatic N) is 3. The van der Waals surface area contributed by atoms with E-state index in [1.165, 1.54) is 19.3 Å². The Morgan fingerprint density at radius 2 is 2.27 bits per heavy atom. The number of aromatic nitrogens is 4. The largest absolute Gasteiger partial charge is 0.341 e. The number of aromatic amines is 1. The molecule has 0 saturated carbocycles. The molecule has 0 aromatic carbocycles. The molecule has 0 amide bonds. The Hall–Kier alpha value is -1.45. The predicted octanol–water partition coefficient (Wildman–Crippen LogP) is 2.28. The van der Waals surface area contributed by atoms with Gasteiger partial charge in [-0.2, -0.15) is 0 Å². The monoisotopic (exact) mass is 203 g/mol. The van der Waals surface area contributed by atoms with Crippen LogP contribution >= 0.6 is 0 Å². The van der Waals surface area contributed by atoms with Crippen LogP contribution in [0.25, 0.3) is 11.2 Å². The van der Waals surface area contributed by atoms with Crippen molar-refractivity contribution in [2.24, 2.45) is 0 Å². The topological polar surface area (TPSA) is 54.5 Å². The van der Waals surface area contributed by atoms with E-state index < -0.39 is 0 Å². The maximum atomic E-state index is 4.35. The molecule has 0 unspecified atom stereocenters. The fourth-order valence-electron chi connectivity index (χ4n) is 1.54. The summed E-state index contributed by atoms with van der Waals surface area (Å²) in [6.07, 6.45) is 10.4. The van der Waals surface area contributed by atoms with Gasteiger partial charge >= 0.3 is 0 Å². The molecule has 2 heterocycles. The summed E-state index contributed by atoms with van der Waals surface area (Å²) in [7, 11) is 0. The number of hydrogen-bond acceptors (Lipinski definition) is 3. The van der Waals surface area contributed by atoms with E-state index in [1.54, 1.807) is 6.33 Å². The molecule has 0 fully saturated rings. The van der Waals surface area contributed by atoms with Gasteiger partial charge in [-0.3, -0.25) is 0 Å². The zero-order valence-electron chi connectivity index (χ0n) is 8.95. The first kappa shape index (κ1) is 10.1. The van der Waals surface area contributed by atoms with Gasteiger partial charge in [0.25, 0.3) is 0 Å². The van der Waals surface area contributed by atoms with E-state index in [-0.39, 0.29) is 0 Å². The fourth-order valence-corrected chi connectivity index (χ4v) is 1.54. The van der Waals surface area contributed by atoms with Gasteiger partial charge in [0.2, 0.25) is 0 Å². The third kappa shape index (κ3) is 2.52. The van der Waals surface area contributed by atoms with Crippen LogP contribution in [-0.2, 0) is 6.42 Å². The molecule has 0 bridgehead atoms. The Kier molecular flexibility index (Phi) is 3.27. The number of nitrogens with one attached hydrogen (secondary N) is 1. The molecule has 0 spiro atoms. The Balaban J connectivity index is 1.96. The van der Waals surface area contributed by atoms with Crippen LogP contribution in [-0.4, -0.2) is 19.9 Å². The standard InChI is InChI=1S/C11H15N4/c1-2-3-4-5-6-10-12-7-9-11(15-10)14-8-13-9/h8H,2-6H2,1H3,(H,12,13,14,15). The molecule has 0 aliphatic rings. The molecule has 2 rings (SSSR count). The highest BCUT2D eigenvalue weighted by molar-refractivity contribution is 5.67. The molecular weight excluding hydrogens is 188 g/mol. The summed E-state index contributed by atoms with van der Waals surface area (Å²) in [6, 6.07) is 0. The Bertz CT molecular complexity index is 421. The molecule has 4 nitrogen and oxygen atoms in total. The third-order valence-corrected chi connectivity index (χ3v) is 2.40. The van der Waals surface area contributed by atoms with Crippen molar-refractivity contribution in [2.75, 3.05) is 0 Å². The molecule has 0 saturated heterocycles. The zero-order chi connectivity index (χ0) is 10.5. The summed E-state index contributed by atoms with van der Waals surface area (Å²) < 4.78 is 0. The van der Waals surface area contributed by atoms with E-state index in [4.69, 9.17) is 0 Å². The van der Waals surface area contributed by atoms with Crippen LogP contribution in [0.15, 0.2) is 6.33 Å². The van der Waals surface area contributed by atoms with E-state index in [0.29, 0.717) is 0 Å². The number of aryl methyl sites for hydroxylation is 1. The maximum absolute atomic E-state index is 4.35. The molecule has 0 aliphatic heterocycles. The second-order valence-corrected chi connectivity index (χ2v) is 3.66. The molecule has 15 heavy (non-hydrogen) atoms.